The van der Waals surface area contributed by atoms with E-state index in [-0.39, 0.29) is 6.10 Å². The van der Waals surface area contributed by atoms with E-state index in [0.717, 1.165) is 12.8 Å². The van der Waals surface area contributed by atoms with Crippen molar-refractivity contribution in [1.82, 2.24) is 5.32 Å². The van der Waals surface area contributed by atoms with Crippen LogP contribution in [0.5, 0.6) is 0 Å². The van der Waals surface area contributed by atoms with Gasteiger partial charge in [0.15, 0.2) is 0 Å². The van der Waals surface area contributed by atoms with E-state index in [2.05, 4.69) is 5.32 Å². The summed E-state index contributed by atoms with van der Waals surface area (Å²) in [5, 5.41) is 13.0. The molecule has 19 heavy (non-hydrogen) atoms. The summed E-state index contributed by atoms with van der Waals surface area (Å²) in [5.41, 5.74) is 0. The molecule has 0 aromatic heterocycles. The highest BCUT2D eigenvalue weighted by Gasteiger charge is 2.15. The molecule has 0 amide bonds. The number of hydrogen-bond acceptors (Lipinski definition) is 5. The predicted octanol–water partition coefficient (Wildman–Crippen LogP) is 0.948. The van der Waals surface area contributed by atoms with Gasteiger partial charge < -0.3 is 24.6 Å². The smallest absolute Gasteiger partial charge is 0.0928 e. The number of methoxy groups -OCH3 is 2. The molecule has 1 fully saturated rings. The van der Waals surface area contributed by atoms with Crippen molar-refractivity contribution in [2.24, 2.45) is 0 Å². The largest absolute Gasteiger partial charge is 0.389 e. The molecule has 5 nitrogen and oxygen atoms in total. The third-order valence-corrected chi connectivity index (χ3v) is 3.51. The molecular weight excluding hydrogens is 246 g/mol. The summed E-state index contributed by atoms with van der Waals surface area (Å²) in [7, 11) is 3.31. The molecule has 0 aromatic rings. The SMILES string of the molecule is COCC(CNCC(O)COC1CCCCC1)OC. The molecule has 1 saturated carbocycles. The van der Waals surface area contributed by atoms with Gasteiger partial charge in [-0.2, -0.15) is 0 Å². The number of aliphatic hydroxyl groups excluding tert-OH is 1. The van der Waals surface area contributed by atoms with Crippen molar-refractivity contribution in [3.8, 4) is 0 Å². The van der Waals surface area contributed by atoms with Crippen LogP contribution in [-0.4, -0.2) is 63.9 Å². The average Bonchev–Trinajstić information content (AvgIpc) is 2.45. The highest BCUT2D eigenvalue weighted by Crippen LogP contribution is 2.20. The number of hydrogen-bond donors (Lipinski definition) is 2. The van der Waals surface area contributed by atoms with Crippen LogP contribution in [0.25, 0.3) is 0 Å². The number of ether oxygens (including phenoxy) is 3. The van der Waals surface area contributed by atoms with Gasteiger partial charge in [0, 0.05) is 27.3 Å². The van der Waals surface area contributed by atoms with Gasteiger partial charge in [0.05, 0.1) is 31.5 Å². The molecule has 2 unspecified atom stereocenters. The number of nitrogens with one attached hydrogen (secondary N) is 1. The summed E-state index contributed by atoms with van der Waals surface area (Å²) < 4.78 is 16.0. The Morgan fingerprint density at radius 2 is 1.84 bits per heavy atom. The van der Waals surface area contributed by atoms with E-state index in [1.54, 1.807) is 14.2 Å². The fourth-order valence-corrected chi connectivity index (χ4v) is 2.35. The summed E-state index contributed by atoms with van der Waals surface area (Å²) in [4.78, 5) is 0. The molecular formula is C14H29NO4. The molecule has 0 bridgehead atoms. The van der Waals surface area contributed by atoms with Gasteiger partial charge in [-0.05, 0) is 12.8 Å². The molecule has 114 valence electrons. The van der Waals surface area contributed by atoms with Gasteiger partial charge in [-0.15, -0.1) is 0 Å². The molecule has 0 heterocycles. The second-order valence-electron chi connectivity index (χ2n) is 5.22. The number of rotatable bonds is 10. The van der Waals surface area contributed by atoms with E-state index in [4.69, 9.17) is 14.2 Å². The Kier molecular flexibility index (Phi) is 9.38. The Labute approximate surface area is 116 Å². The molecule has 2 N–H and O–H groups in total. The molecule has 1 aliphatic carbocycles. The van der Waals surface area contributed by atoms with Gasteiger partial charge >= 0.3 is 0 Å². The zero-order chi connectivity index (χ0) is 13.9. The molecule has 0 radical (unpaired) electrons. The third-order valence-electron chi connectivity index (χ3n) is 3.51. The van der Waals surface area contributed by atoms with Crippen LogP contribution >= 0.6 is 0 Å². The van der Waals surface area contributed by atoms with E-state index in [9.17, 15) is 5.11 Å². The Bertz CT molecular complexity index is 210. The molecule has 5 heteroatoms. The summed E-state index contributed by atoms with van der Waals surface area (Å²) in [5.74, 6) is 0. The van der Waals surface area contributed by atoms with E-state index in [1.165, 1.54) is 19.3 Å². The van der Waals surface area contributed by atoms with Crippen LogP contribution in [0, 0.1) is 0 Å². The first-order valence-electron chi connectivity index (χ1n) is 7.28. The van der Waals surface area contributed by atoms with Crippen LogP contribution in [0.15, 0.2) is 0 Å². The van der Waals surface area contributed by atoms with Crippen molar-refractivity contribution in [2.45, 2.75) is 50.4 Å². The van der Waals surface area contributed by atoms with Crippen LogP contribution in [-0.2, 0) is 14.2 Å². The van der Waals surface area contributed by atoms with E-state index >= 15 is 0 Å². The Balaban J connectivity index is 2.01. The summed E-state index contributed by atoms with van der Waals surface area (Å²) >= 11 is 0. The lowest BCUT2D eigenvalue weighted by molar-refractivity contribution is -0.0249. The van der Waals surface area contributed by atoms with Crippen LogP contribution in [0.1, 0.15) is 32.1 Å². The van der Waals surface area contributed by atoms with E-state index in [1.807, 2.05) is 0 Å². The minimum atomic E-state index is -0.457. The van der Waals surface area contributed by atoms with Crippen LogP contribution in [0.2, 0.25) is 0 Å². The molecule has 0 saturated heterocycles. The Hall–Kier alpha value is -0.200. The molecule has 1 aliphatic rings. The second kappa shape index (κ2) is 10.6. The molecule has 0 aliphatic heterocycles. The van der Waals surface area contributed by atoms with Gasteiger partial charge in [0.2, 0.25) is 0 Å². The first-order valence-corrected chi connectivity index (χ1v) is 7.28. The first-order chi connectivity index (χ1) is 9.26. The lowest BCUT2D eigenvalue weighted by atomic mass is 9.98. The van der Waals surface area contributed by atoms with E-state index < -0.39 is 6.10 Å². The van der Waals surface area contributed by atoms with Gasteiger partial charge in [-0.3, -0.25) is 0 Å². The van der Waals surface area contributed by atoms with Crippen LogP contribution in [0.4, 0.5) is 0 Å². The fraction of sp³-hybridized carbons (Fsp3) is 1.00. The molecule has 0 aromatic carbocycles. The quantitative estimate of drug-likeness (QED) is 0.621. The van der Waals surface area contributed by atoms with Gasteiger partial charge in [0.1, 0.15) is 0 Å². The molecule has 2 atom stereocenters. The summed E-state index contributed by atoms with van der Waals surface area (Å²) in [6.45, 7) is 2.17. The molecule has 0 spiro atoms. The normalized spacial score (nSPS) is 20.4. The fourth-order valence-electron chi connectivity index (χ4n) is 2.35. The van der Waals surface area contributed by atoms with Crippen molar-refractivity contribution in [2.75, 3.05) is 40.5 Å². The first kappa shape index (κ1) is 16.9. The summed E-state index contributed by atoms with van der Waals surface area (Å²) in [6.07, 6.45) is 6.03. The highest BCUT2D eigenvalue weighted by atomic mass is 16.5. The second-order valence-corrected chi connectivity index (χ2v) is 5.22. The van der Waals surface area contributed by atoms with Crippen LogP contribution < -0.4 is 5.32 Å². The van der Waals surface area contributed by atoms with Crippen molar-refractivity contribution in [3.05, 3.63) is 0 Å². The number of aliphatic hydroxyl groups is 1. The summed E-state index contributed by atoms with van der Waals surface area (Å²) in [6, 6.07) is 0. The minimum absolute atomic E-state index is 0.0245. The lowest BCUT2D eigenvalue weighted by Gasteiger charge is -2.23. The van der Waals surface area contributed by atoms with Crippen molar-refractivity contribution in [3.63, 3.8) is 0 Å². The Morgan fingerprint density at radius 1 is 1.11 bits per heavy atom. The zero-order valence-corrected chi connectivity index (χ0v) is 12.3. The van der Waals surface area contributed by atoms with Gasteiger partial charge in [-0.1, -0.05) is 19.3 Å². The average molecular weight is 275 g/mol. The monoisotopic (exact) mass is 275 g/mol. The standard InChI is InChI=1S/C14H29NO4/c1-17-11-14(18-2)9-15-8-12(16)10-19-13-6-4-3-5-7-13/h12-16H,3-11H2,1-2H3. The lowest BCUT2D eigenvalue weighted by Crippen LogP contribution is -2.38. The predicted molar refractivity (Wildman–Crippen MR) is 74.4 cm³/mol. The topological polar surface area (TPSA) is 60.0 Å². The van der Waals surface area contributed by atoms with Gasteiger partial charge in [0.25, 0.3) is 0 Å². The van der Waals surface area contributed by atoms with Crippen molar-refractivity contribution < 1.29 is 19.3 Å². The van der Waals surface area contributed by atoms with Crippen molar-refractivity contribution >= 4 is 0 Å². The highest BCUT2D eigenvalue weighted by molar-refractivity contribution is 4.68. The van der Waals surface area contributed by atoms with Gasteiger partial charge in [-0.25, -0.2) is 0 Å². The van der Waals surface area contributed by atoms with E-state index in [0.29, 0.717) is 32.4 Å². The maximum absolute atomic E-state index is 9.84. The van der Waals surface area contributed by atoms with Crippen molar-refractivity contribution in [1.29, 1.82) is 0 Å². The maximum Gasteiger partial charge on any atom is 0.0928 e. The van der Waals surface area contributed by atoms with Crippen LogP contribution in [0.3, 0.4) is 0 Å². The Morgan fingerprint density at radius 3 is 2.47 bits per heavy atom. The zero-order valence-electron chi connectivity index (χ0n) is 12.3. The molecule has 1 rings (SSSR count). The maximum atomic E-state index is 9.84. The third kappa shape index (κ3) is 7.84. The minimum Gasteiger partial charge on any atom is -0.389 e.